The van der Waals surface area contributed by atoms with Gasteiger partial charge in [0, 0.05) is 6.04 Å². The lowest BCUT2D eigenvalue weighted by molar-refractivity contribution is -0.138. The van der Waals surface area contributed by atoms with Crippen LogP contribution in [0.25, 0.3) is 0 Å². The number of aliphatic carboxylic acids is 1. The van der Waals surface area contributed by atoms with Crippen LogP contribution in [0.3, 0.4) is 0 Å². The first-order valence-corrected chi connectivity index (χ1v) is 13.2. The van der Waals surface area contributed by atoms with Crippen LogP contribution in [0.1, 0.15) is 117 Å². The van der Waals surface area contributed by atoms with Crippen LogP contribution in [-0.4, -0.2) is 41.2 Å². The van der Waals surface area contributed by atoms with Gasteiger partial charge >= 0.3 is 5.97 Å². The first-order valence-electron chi connectivity index (χ1n) is 11.7. The summed E-state index contributed by atoms with van der Waals surface area (Å²) in [6, 6.07) is -0.0959. The van der Waals surface area contributed by atoms with E-state index in [1.54, 1.807) is 0 Å². The van der Waals surface area contributed by atoms with Crippen molar-refractivity contribution in [1.29, 1.82) is 0 Å². The average Bonchev–Trinajstić information content (AvgIpc) is 2.66. The summed E-state index contributed by atoms with van der Waals surface area (Å²) in [6.45, 7) is 4.23. The third-order valence-electron chi connectivity index (χ3n) is 5.41. The van der Waals surface area contributed by atoms with Crippen LogP contribution in [0, 0.1) is 0 Å². The second-order valence-electron chi connectivity index (χ2n) is 8.28. The summed E-state index contributed by atoms with van der Waals surface area (Å²) in [7, 11) is -4.81. The lowest BCUT2D eigenvalue weighted by Crippen LogP contribution is -2.40. The van der Waals surface area contributed by atoms with Gasteiger partial charge in [-0.1, -0.05) is 97.3 Å². The van der Waals surface area contributed by atoms with Crippen molar-refractivity contribution < 1.29 is 27.7 Å². The number of carboxylic acid groups (broad SMARTS) is 1. The second kappa shape index (κ2) is 17.5. The predicted molar refractivity (Wildman–Crippen MR) is 120 cm³/mol. The Bertz CT molecular complexity index is 564. The highest BCUT2D eigenvalue weighted by Crippen LogP contribution is 2.14. The summed E-state index contributed by atoms with van der Waals surface area (Å²) in [6.07, 6.45) is 16.7. The molecule has 8 heteroatoms. The fourth-order valence-electron chi connectivity index (χ4n) is 3.64. The topological polar surface area (TPSA) is 121 Å². The highest BCUT2D eigenvalue weighted by molar-refractivity contribution is 7.87. The molecule has 0 aliphatic heterocycles. The molecule has 0 aliphatic carbocycles. The van der Waals surface area contributed by atoms with Crippen molar-refractivity contribution in [2.45, 2.75) is 128 Å². The van der Waals surface area contributed by atoms with E-state index in [4.69, 9.17) is 9.66 Å². The number of amides is 1. The van der Waals surface area contributed by atoms with E-state index in [1.807, 2.05) is 6.92 Å². The summed E-state index contributed by atoms with van der Waals surface area (Å²) in [4.78, 5) is 23.0. The van der Waals surface area contributed by atoms with Gasteiger partial charge < -0.3 is 10.4 Å². The van der Waals surface area contributed by atoms with Gasteiger partial charge in [0.15, 0.2) is 5.25 Å². The minimum absolute atomic E-state index is 0.0959. The molecule has 0 bridgehead atoms. The molecule has 0 aromatic rings. The standard InChI is InChI=1S/C22H43NO6S/c1-3-5-6-7-8-9-10-11-12-13-14-15-17-19(16-4-2)23-21(24)18-20(22(25)26)30(27,28)29/h19-20H,3-18H2,1-2H3,(H,23,24)(H,25,26)(H,27,28,29). The number of hydrogen-bond donors (Lipinski definition) is 3. The number of carbonyl (C=O) groups excluding carboxylic acids is 1. The lowest BCUT2D eigenvalue weighted by atomic mass is 10.0. The second-order valence-corrected chi connectivity index (χ2v) is 9.88. The Hall–Kier alpha value is -1.15. The molecule has 0 aliphatic rings. The summed E-state index contributed by atoms with van der Waals surface area (Å²) >= 11 is 0. The number of carbonyl (C=O) groups is 2. The van der Waals surface area contributed by atoms with Crippen LogP contribution in [-0.2, 0) is 19.7 Å². The molecule has 178 valence electrons. The van der Waals surface area contributed by atoms with Crippen molar-refractivity contribution in [1.82, 2.24) is 5.32 Å². The van der Waals surface area contributed by atoms with E-state index in [1.165, 1.54) is 64.2 Å². The van der Waals surface area contributed by atoms with E-state index in [0.717, 1.165) is 32.1 Å². The van der Waals surface area contributed by atoms with Crippen molar-refractivity contribution in [3.63, 3.8) is 0 Å². The molecule has 0 aromatic carbocycles. The smallest absolute Gasteiger partial charge is 0.324 e. The predicted octanol–water partition coefficient (Wildman–Crippen LogP) is 5.09. The van der Waals surface area contributed by atoms with Crippen molar-refractivity contribution in [3.05, 3.63) is 0 Å². The highest BCUT2D eigenvalue weighted by Gasteiger charge is 2.33. The average molecular weight is 450 g/mol. The molecule has 30 heavy (non-hydrogen) atoms. The maximum Gasteiger partial charge on any atom is 0.324 e. The van der Waals surface area contributed by atoms with E-state index >= 15 is 0 Å². The van der Waals surface area contributed by atoms with Gasteiger partial charge in [-0.05, 0) is 12.8 Å². The minimum atomic E-state index is -4.81. The van der Waals surface area contributed by atoms with E-state index < -0.39 is 33.7 Å². The number of rotatable bonds is 20. The van der Waals surface area contributed by atoms with Gasteiger partial charge in [-0.3, -0.25) is 14.1 Å². The quantitative estimate of drug-likeness (QED) is 0.176. The summed E-state index contributed by atoms with van der Waals surface area (Å²) in [5.74, 6) is -2.38. The van der Waals surface area contributed by atoms with Gasteiger partial charge in [-0.15, -0.1) is 0 Å². The maximum atomic E-state index is 12.1. The van der Waals surface area contributed by atoms with Crippen LogP contribution in [0.5, 0.6) is 0 Å². The molecule has 3 N–H and O–H groups in total. The molecule has 7 nitrogen and oxygen atoms in total. The SMILES string of the molecule is CCCCCCCCCCCCCCC(CCC)NC(=O)CC(C(=O)O)S(=O)(=O)O. The molecule has 0 saturated heterocycles. The molecule has 0 spiro atoms. The zero-order valence-corrected chi connectivity index (χ0v) is 19.7. The van der Waals surface area contributed by atoms with Gasteiger partial charge in [-0.25, -0.2) is 0 Å². The molecule has 0 heterocycles. The Morgan fingerprint density at radius 2 is 1.23 bits per heavy atom. The van der Waals surface area contributed by atoms with Crippen molar-refractivity contribution in [2.24, 2.45) is 0 Å². The fraction of sp³-hybridized carbons (Fsp3) is 0.909. The van der Waals surface area contributed by atoms with Gasteiger partial charge in [0.05, 0.1) is 6.42 Å². The molecule has 2 atom stereocenters. The van der Waals surface area contributed by atoms with Crippen molar-refractivity contribution in [2.75, 3.05) is 0 Å². The molecule has 0 rings (SSSR count). The first kappa shape index (κ1) is 28.9. The Kier molecular flexibility index (Phi) is 16.9. The summed E-state index contributed by atoms with van der Waals surface area (Å²) in [5.41, 5.74) is 0. The Balaban J connectivity index is 3.99. The molecular weight excluding hydrogens is 406 g/mol. The van der Waals surface area contributed by atoms with E-state index in [9.17, 15) is 18.0 Å². The van der Waals surface area contributed by atoms with Crippen LogP contribution < -0.4 is 5.32 Å². The molecule has 0 aromatic heterocycles. The number of unbranched alkanes of at least 4 members (excludes halogenated alkanes) is 11. The zero-order chi connectivity index (χ0) is 22.8. The van der Waals surface area contributed by atoms with E-state index in [2.05, 4.69) is 12.2 Å². The molecule has 0 saturated carbocycles. The van der Waals surface area contributed by atoms with E-state index in [-0.39, 0.29) is 6.04 Å². The number of carboxylic acids is 1. The Morgan fingerprint density at radius 3 is 1.63 bits per heavy atom. The molecular formula is C22H43NO6S. The third kappa shape index (κ3) is 15.7. The molecule has 2 unspecified atom stereocenters. The van der Waals surface area contributed by atoms with Crippen LogP contribution in [0.4, 0.5) is 0 Å². The Morgan fingerprint density at radius 1 is 0.767 bits per heavy atom. The molecule has 0 radical (unpaired) electrons. The van der Waals surface area contributed by atoms with Gasteiger partial charge in [0.1, 0.15) is 0 Å². The molecule has 1 amide bonds. The Labute approximate surface area is 183 Å². The third-order valence-corrected chi connectivity index (χ3v) is 6.50. The maximum absolute atomic E-state index is 12.1. The van der Waals surface area contributed by atoms with Gasteiger partial charge in [0.25, 0.3) is 10.1 Å². The number of hydrogen-bond acceptors (Lipinski definition) is 4. The van der Waals surface area contributed by atoms with Crippen LogP contribution in [0.15, 0.2) is 0 Å². The lowest BCUT2D eigenvalue weighted by Gasteiger charge is -2.19. The van der Waals surface area contributed by atoms with Gasteiger partial charge in [-0.2, -0.15) is 8.42 Å². The monoisotopic (exact) mass is 449 g/mol. The summed E-state index contributed by atoms with van der Waals surface area (Å²) in [5, 5.41) is 9.52. The first-order chi connectivity index (χ1) is 14.2. The van der Waals surface area contributed by atoms with Crippen molar-refractivity contribution in [3.8, 4) is 0 Å². The van der Waals surface area contributed by atoms with Crippen LogP contribution >= 0.6 is 0 Å². The largest absolute Gasteiger partial charge is 0.480 e. The normalized spacial score (nSPS) is 13.7. The summed E-state index contributed by atoms with van der Waals surface area (Å²) < 4.78 is 31.2. The fourth-order valence-corrected chi connectivity index (χ4v) is 4.26. The number of nitrogens with one attached hydrogen (secondary N) is 1. The minimum Gasteiger partial charge on any atom is -0.480 e. The molecule has 0 fully saturated rings. The zero-order valence-electron chi connectivity index (χ0n) is 18.9. The van der Waals surface area contributed by atoms with Crippen LogP contribution in [0.2, 0.25) is 0 Å². The van der Waals surface area contributed by atoms with E-state index in [0.29, 0.717) is 0 Å². The highest BCUT2D eigenvalue weighted by atomic mass is 32.2. The van der Waals surface area contributed by atoms with Crippen molar-refractivity contribution >= 4 is 22.0 Å². The van der Waals surface area contributed by atoms with Gasteiger partial charge in [0.2, 0.25) is 5.91 Å².